The quantitative estimate of drug-likeness (QED) is 0.595. The van der Waals surface area contributed by atoms with Crippen molar-refractivity contribution in [2.75, 3.05) is 0 Å². The second-order valence-electron chi connectivity index (χ2n) is 6.18. The van der Waals surface area contributed by atoms with Crippen molar-refractivity contribution in [1.82, 2.24) is 9.97 Å². The average molecular weight is 342 g/mol. The van der Waals surface area contributed by atoms with Crippen LogP contribution in [0.5, 0.6) is 5.75 Å². The zero-order valence-corrected chi connectivity index (χ0v) is 14.4. The summed E-state index contributed by atoms with van der Waals surface area (Å²) in [7, 11) is 0. The van der Waals surface area contributed by atoms with E-state index >= 15 is 0 Å². The Kier molecular flexibility index (Phi) is 4.23. The summed E-state index contributed by atoms with van der Waals surface area (Å²) in [6.45, 7) is 2.33. The van der Waals surface area contributed by atoms with Gasteiger partial charge in [-0.1, -0.05) is 48.5 Å². The third-order valence-electron chi connectivity index (χ3n) is 4.26. The van der Waals surface area contributed by atoms with Gasteiger partial charge < -0.3 is 9.72 Å². The number of hydrogen-bond acceptors (Lipinski definition) is 3. The van der Waals surface area contributed by atoms with Gasteiger partial charge in [-0.15, -0.1) is 0 Å². The molecule has 0 atom stereocenters. The molecule has 4 aromatic rings. The molecule has 128 valence electrons. The number of aromatic nitrogens is 2. The van der Waals surface area contributed by atoms with E-state index in [9.17, 15) is 4.79 Å². The minimum absolute atomic E-state index is 0.108. The Morgan fingerprint density at radius 1 is 0.923 bits per heavy atom. The van der Waals surface area contributed by atoms with E-state index in [1.807, 2.05) is 72.8 Å². The van der Waals surface area contributed by atoms with E-state index < -0.39 is 0 Å². The van der Waals surface area contributed by atoms with Gasteiger partial charge in [-0.2, -0.15) is 0 Å². The third-order valence-corrected chi connectivity index (χ3v) is 4.26. The average Bonchev–Trinajstić information content (AvgIpc) is 2.67. The number of ether oxygens (including phenoxy) is 1. The highest BCUT2D eigenvalue weighted by Gasteiger charge is 2.05. The molecule has 26 heavy (non-hydrogen) atoms. The van der Waals surface area contributed by atoms with Crippen LogP contribution >= 0.6 is 0 Å². The van der Waals surface area contributed by atoms with Crippen LogP contribution in [0.25, 0.3) is 22.0 Å². The van der Waals surface area contributed by atoms with Gasteiger partial charge in [0.1, 0.15) is 18.2 Å². The first-order valence-electron chi connectivity index (χ1n) is 8.47. The van der Waals surface area contributed by atoms with Gasteiger partial charge in [-0.3, -0.25) is 4.79 Å². The monoisotopic (exact) mass is 342 g/mol. The molecule has 0 aliphatic rings. The summed E-state index contributed by atoms with van der Waals surface area (Å²) in [5.74, 6) is 1.44. The van der Waals surface area contributed by atoms with Gasteiger partial charge in [-0.25, -0.2) is 4.98 Å². The Bertz CT molecular complexity index is 1100. The van der Waals surface area contributed by atoms with E-state index in [0.717, 1.165) is 22.4 Å². The summed E-state index contributed by atoms with van der Waals surface area (Å²) in [5, 5.41) is 0.599. The fourth-order valence-electron chi connectivity index (χ4n) is 2.92. The van der Waals surface area contributed by atoms with Crippen LogP contribution in [0, 0.1) is 6.92 Å². The van der Waals surface area contributed by atoms with Crippen LogP contribution in [0.3, 0.4) is 0 Å². The summed E-state index contributed by atoms with van der Waals surface area (Å²) < 4.78 is 5.83. The molecule has 0 unspecified atom stereocenters. The van der Waals surface area contributed by atoms with Crippen LogP contribution in [0.2, 0.25) is 0 Å². The predicted molar refractivity (Wildman–Crippen MR) is 103 cm³/mol. The predicted octanol–water partition coefficient (Wildman–Crippen LogP) is 4.48. The van der Waals surface area contributed by atoms with Crippen molar-refractivity contribution < 1.29 is 4.74 Å². The number of benzene rings is 3. The van der Waals surface area contributed by atoms with Gasteiger partial charge in [0.05, 0.1) is 10.9 Å². The van der Waals surface area contributed by atoms with Crippen LogP contribution in [0.4, 0.5) is 0 Å². The molecule has 0 spiro atoms. The lowest BCUT2D eigenvalue weighted by atomic mass is 10.0. The summed E-state index contributed by atoms with van der Waals surface area (Å²) in [4.78, 5) is 19.1. The third kappa shape index (κ3) is 3.35. The van der Waals surface area contributed by atoms with Crippen molar-refractivity contribution in [3.8, 4) is 16.9 Å². The van der Waals surface area contributed by atoms with E-state index in [2.05, 4.69) is 9.97 Å². The van der Waals surface area contributed by atoms with Crippen LogP contribution in [-0.2, 0) is 6.61 Å². The normalized spacial score (nSPS) is 10.8. The molecule has 0 aliphatic heterocycles. The van der Waals surface area contributed by atoms with Gasteiger partial charge in [0.2, 0.25) is 0 Å². The Morgan fingerprint density at radius 3 is 2.42 bits per heavy atom. The van der Waals surface area contributed by atoms with E-state index in [1.54, 1.807) is 6.92 Å². The molecule has 0 fully saturated rings. The molecule has 0 saturated heterocycles. The highest BCUT2D eigenvalue weighted by Crippen LogP contribution is 2.25. The first-order chi connectivity index (χ1) is 12.7. The lowest BCUT2D eigenvalue weighted by Crippen LogP contribution is -2.09. The van der Waals surface area contributed by atoms with Crippen LogP contribution < -0.4 is 10.3 Å². The molecule has 0 bridgehead atoms. The Morgan fingerprint density at radius 2 is 1.65 bits per heavy atom. The van der Waals surface area contributed by atoms with E-state index in [4.69, 9.17) is 4.74 Å². The fourth-order valence-corrected chi connectivity index (χ4v) is 2.92. The van der Waals surface area contributed by atoms with Crippen molar-refractivity contribution in [3.63, 3.8) is 0 Å². The molecule has 1 heterocycles. The number of aryl methyl sites for hydroxylation is 1. The molecular weight excluding hydrogens is 324 g/mol. The first kappa shape index (κ1) is 16.1. The molecule has 4 heteroatoms. The maximum absolute atomic E-state index is 12.0. The number of nitrogens with zero attached hydrogens (tertiary/aromatic N) is 1. The lowest BCUT2D eigenvalue weighted by molar-refractivity contribution is 0.306. The van der Waals surface area contributed by atoms with E-state index in [-0.39, 0.29) is 5.56 Å². The molecule has 0 saturated carbocycles. The van der Waals surface area contributed by atoms with Crippen LogP contribution in [0.1, 0.15) is 11.4 Å². The molecule has 0 amide bonds. The highest BCUT2D eigenvalue weighted by molar-refractivity contribution is 5.83. The van der Waals surface area contributed by atoms with Gasteiger partial charge >= 0.3 is 0 Å². The number of aromatic amines is 1. The number of nitrogens with one attached hydrogen (secondary N) is 1. The number of hydrogen-bond donors (Lipinski definition) is 1. The fraction of sp³-hybridized carbons (Fsp3) is 0.0909. The van der Waals surface area contributed by atoms with Gasteiger partial charge in [0, 0.05) is 0 Å². The zero-order valence-electron chi connectivity index (χ0n) is 14.4. The minimum atomic E-state index is -0.108. The molecule has 1 N–H and O–H groups in total. The lowest BCUT2D eigenvalue weighted by Gasteiger charge is -2.08. The highest BCUT2D eigenvalue weighted by atomic mass is 16.5. The van der Waals surface area contributed by atoms with Crippen LogP contribution in [0.15, 0.2) is 77.6 Å². The van der Waals surface area contributed by atoms with Crippen molar-refractivity contribution in [1.29, 1.82) is 0 Å². The molecule has 0 radical (unpaired) electrons. The molecule has 4 nitrogen and oxygen atoms in total. The van der Waals surface area contributed by atoms with E-state index in [1.165, 1.54) is 0 Å². The van der Waals surface area contributed by atoms with Crippen molar-refractivity contribution in [2.24, 2.45) is 0 Å². The summed E-state index contributed by atoms with van der Waals surface area (Å²) in [6, 6.07) is 23.7. The van der Waals surface area contributed by atoms with Gasteiger partial charge in [-0.05, 0) is 47.9 Å². The Balaban J connectivity index is 1.56. The standard InChI is InChI=1S/C22H18N2O2/c1-15-23-21-13-18(9-12-20(21)22(25)24-15)17-7-10-19(11-8-17)26-14-16-5-3-2-4-6-16/h2-13H,14H2,1H3,(H,23,24,25). The number of fused-ring (bicyclic) bond motifs is 1. The Labute approximate surface area is 151 Å². The molecule has 1 aromatic heterocycles. The van der Waals surface area contributed by atoms with Gasteiger partial charge in [0.15, 0.2) is 0 Å². The topological polar surface area (TPSA) is 55.0 Å². The van der Waals surface area contributed by atoms with Crippen molar-refractivity contribution >= 4 is 10.9 Å². The molecule has 3 aromatic carbocycles. The maximum Gasteiger partial charge on any atom is 0.258 e. The SMILES string of the molecule is Cc1nc2cc(-c3ccc(OCc4ccccc4)cc3)ccc2c(=O)[nH]1. The van der Waals surface area contributed by atoms with E-state index in [0.29, 0.717) is 23.3 Å². The second-order valence-corrected chi connectivity index (χ2v) is 6.18. The smallest absolute Gasteiger partial charge is 0.258 e. The summed E-state index contributed by atoms with van der Waals surface area (Å²) in [5.41, 5.74) is 3.80. The van der Waals surface area contributed by atoms with Crippen LogP contribution in [-0.4, -0.2) is 9.97 Å². The second kappa shape index (κ2) is 6.84. The largest absolute Gasteiger partial charge is 0.489 e. The van der Waals surface area contributed by atoms with Crippen molar-refractivity contribution in [2.45, 2.75) is 13.5 Å². The maximum atomic E-state index is 12.0. The minimum Gasteiger partial charge on any atom is -0.489 e. The molecular formula is C22H18N2O2. The van der Waals surface area contributed by atoms with Gasteiger partial charge in [0.25, 0.3) is 5.56 Å². The summed E-state index contributed by atoms with van der Waals surface area (Å²) >= 11 is 0. The first-order valence-corrected chi connectivity index (χ1v) is 8.47. The number of H-pyrrole nitrogens is 1. The zero-order chi connectivity index (χ0) is 17.9. The Hall–Kier alpha value is -3.40. The summed E-state index contributed by atoms with van der Waals surface area (Å²) in [6.07, 6.45) is 0. The molecule has 4 rings (SSSR count). The number of rotatable bonds is 4. The molecule has 0 aliphatic carbocycles. The van der Waals surface area contributed by atoms with Crippen molar-refractivity contribution in [3.05, 3.63) is 94.5 Å².